The van der Waals surface area contributed by atoms with Gasteiger partial charge >= 0.3 is 0 Å². The quantitative estimate of drug-likeness (QED) is 0.760. The molecule has 1 heterocycles. The Kier molecular flexibility index (Phi) is 4.40. The summed E-state index contributed by atoms with van der Waals surface area (Å²) in [6.45, 7) is 2.34. The molecule has 1 saturated carbocycles. The molecule has 1 saturated heterocycles. The van der Waals surface area contributed by atoms with Gasteiger partial charge in [-0.25, -0.2) is 0 Å². The van der Waals surface area contributed by atoms with E-state index in [0.29, 0.717) is 18.5 Å². The Hall–Kier alpha value is -0.610. The Balaban J connectivity index is 1.61. The Morgan fingerprint density at radius 2 is 2.24 bits per heavy atom. The van der Waals surface area contributed by atoms with Crippen LogP contribution < -0.4 is 11.1 Å². The van der Waals surface area contributed by atoms with Crippen molar-refractivity contribution in [2.75, 3.05) is 20.1 Å². The van der Waals surface area contributed by atoms with Gasteiger partial charge in [0, 0.05) is 25.0 Å². The van der Waals surface area contributed by atoms with Gasteiger partial charge in [-0.15, -0.1) is 0 Å². The van der Waals surface area contributed by atoms with Crippen molar-refractivity contribution in [2.45, 2.75) is 50.6 Å². The molecule has 1 aliphatic heterocycles. The molecule has 4 heteroatoms. The van der Waals surface area contributed by atoms with Gasteiger partial charge in [0.1, 0.15) is 0 Å². The van der Waals surface area contributed by atoms with E-state index in [1.807, 2.05) is 0 Å². The maximum absolute atomic E-state index is 11.8. The average Bonchev–Trinajstić information content (AvgIpc) is 2.85. The zero-order valence-electron chi connectivity index (χ0n) is 10.8. The van der Waals surface area contributed by atoms with Crippen LogP contribution in [0.3, 0.4) is 0 Å². The van der Waals surface area contributed by atoms with Gasteiger partial charge in [-0.05, 0) is 51.6 Å². The molecule has 1 amide bonds. The number of carbonyl (C=O) groups excluding carboxylic acids is 1. The number of nitrogens with two attached hydrogens (primary N) is 1. The monoisotopic (exact) mass is 239 g/mol. The summed E-state index contributed by atoms with van der Waals surface area (Å²) in [5, 5.41) is 3.11. The van der Waals surface area contributed by atoms with Gasteiger partial charge in [0.05, 0.1) is 0 Å². The van der Waals surface area contributed by atoms with Crippen LogP contribution in [0.1, 0.15) is 38.5 Å². The van der Waals surface area contributed by atoms with Gasteiger partial charge in [-0.2, -0.15) is 0 Å². The number of rotatable bonds is 4. The molecule has 3 atom stereocenters. The van der Waals surface area contributed by atoms with E-state index in [1.165, 1.54) is 13.0 Å². The smallest absolute Gasteiger partial charge is 0.220 e. The highest BCUT2D eigenvalue weighted by Crippen LogP contribution is 2.20. The van der Waals surface area contributed by atoms with Gasteiger partial charge in [0.25, 0.3) is 0 Å². The summed E-state index contributed by atoms with van der Waals surface area (Å²) in [6.07, 6.45) is 6.03. The summed E-state index contributed by atoms with van der Waals surface area (Å²) >= 11 is 0. The van der Waals surface area contributed by atoms with Crippen molar-refractivity contribution in [3.05, 3.63) is 0 Å². The first-order valence-electron chi connectivity index (χ1n) is 6.87. The van der Waals surface area contributed by atoms with Crippen LogP contribution in [0.15, 0.2) is 0 Å². The fourth-order valence-corrected chi connectivity index (χ4v) is 3.04. The number of likely N-dealkylation sites (tertiary alicyclic amines) is 1. The van der Waals surface area contributed by atoms with E-state index in [2.05, 4.69) is 17.3 Å². The van der Waals surface area contributed by atoms with Gasteiger partial charge in [-0.3, -0.25) is 4.79 Å². The predicted molar refractivity (Wildman–Crippen MR) is 68.6 cm³/mol. The van der Waals surface area contributed by atoms with Crippen molar-refractivity contribution in [3.63, 3.8) is 0 Å². The number of carbonyl (C=O) groups is 1. The van der Waals surface area contributed by atoms with Crippen molar-refractivity contribution in [3.8, 4) is 0 Å². The molecular formula is C13H25N3O. The summed E-state index contributed by atoms with van der Waals surface area (Å²) in [6, 6.07) is 0.632. The van der Waals surface area contributed by atoms with Crippen molar-refractivity contribution >= 4 is 5.91 Å². The van der Waals surface area contributed by atoms with Crippen LogP contribution in [0.5, 0.6) is 0 Å². The van der Waals surface area contributed by atoms with Crippen LogP contribution in [0.25, 0.3) is 0 Å². The number of amides is 1. The summed E-state index contributed by atoms with van der Waals surface area (Å²) in [4.78, 5) is 14.1. The topological polar surface area (TPSA) is 58.4 Å². The SMILES string of the molecule is CN1CCC(CCC(=O)NC2CCC(N)C2)C1. The summed E-state index contributed by atoms with van der Waals surface area (Å²) in [7, 11) is 2.15. The molecule has 2 rings (SSSR count). The summed E-state index contributed by atoms with van der Waals surface area (Å²) < 4.78 is 0. The Morgan fingerprint density at radius 1 is 1.41 bits per heavy atom. The summed E-state index contributed by atoms with van der Waals surface area (Å²) in [5.74, 6) is 0.940. The Morgan fingerprint density at radius 3 is 2.82 bits per heavy atom. The average molecular weight is 239 g/mol. The fourth-order valence-electron chi connectivity index (χ4n) is 3.04. The minimum absolute atomic E-state index is 0.221. The van der Waals surface area contributed by atoms with Gasteiger partial charge < -0.3 is 16.0 Å². The largest absolute Gasteiger partial charge is 0.353 e. The maximum Gasteiger partial charge on any atom is 0.220 e. The zero-order valence-corrected chi connectivity index (χ0v) is 10.8. The van der Waals surface area contributed by atoms with E-state index >= 15 is 0 Å². The molecule has 0 radical (unpaired) electrons. The third-order valence-corrected chi connectivity index (χ3v) is 4.11. The predicted octanol–water partition coefficient (Wildman–Crippen LogP) is 0.714. The van der Waals surface area contributed by atoms with E-state index < -0.39 is 0 Å². The molecule has 0 bridgehead atoms. The van der Waals surface area contributed by atoms with Gasteiger partial charge in [0.2, 0.25) is 5.91 Å². The highest BCUT2D eigenvalue weighted by Gasteiger charge is 2.24. The third-order valence-electron chi connectivity index (χ3n) is 4.11. The molecule has 2 fully saturated rings. The van der Waals surface area contributed by atoms with Crippen LogP contribution in [0.2, 0.25) is 0 Å². The molecule has 4 nitrogen and oxygen atoms in total. The Labute approximate surface area is 104 Å². The first kappa shape index (κ1) is 12.8. The highest BCUT2D eigenvalue weighted by molar-refractivity contribution is 5.76. The number of nitrogens with one attached hydrogen (secondary N) is 1. The van der Waals surface area contributed by atoms with Crippen LogP contribution in [-0.4, -0.2) is 43.0 Å². The molecule has 98 valence electrons. The molecule has 0 aromatic heterocycles. The molecule has 1 aliphatic carbocycles. The molecule has 0 spiro atoms. The molecule has 3 unspecified atom stereocenters. The maximum atomic E-state index is 11.8. The number of nitrogens with zero attached hydrogens (tertiary/aromatic N) is 1. The first-order chi connectivity index (χ1) is 8.13. The molecule has 17 heavy (non-hydrogen) atoms. The second-order valence-corrected chi connectivity index (χ2v) is 5.79. The molecule has 2 aliphatic rings. The first-order valence-corrected chi connectivity index (χ1v) is 6.87. The lowest BCUT2D eigenvalue weighted by atomic mass is 10.0. The van der Waals surface area contributed by atoms with E-state index in [0.717, 1.165) is 38.1 Å². The van der Waals surface area contributed by atoms with Crippen LogP contribution >= 0.6 is 0 Å². The standard InChI is InChI=1S/C13H25N3O/c1-16-7-6-10(9-16)2-5-13(17)15-12-4-3-11(14)8-12/h10-12H,2-9,14H2,1H3,(H,15,17). The number of hydrogen-bond donors (Lipinski definition) is 2. The van der Waals surface area contributed by atoms with E-state index in [4.69, 9.17) is 5.73 Å². The van der Waals surface area contributed by atoms with Crippen molar-refractivity contribution in [2.24, 2.45) is 11.7 Å². The van der Waals surface area contributed by atoms with Crippen molar-refractivity contribution in [1.29, 1.82) is 0 Å². The van der Waals surface area contributed by atoms with Crippen LogP contribution in [0.4, 0.5) is 0 Å². The van der Waals surface area contributed by atoms with E-state index in [9.17, 15) is 4.79 Å². The van der Waals surface area contributed by atoms with Crippen LogP contribution in [0, 0.1) is 5.92 Å². The third kappa shape index (κ3) is 3.96. The molecular weight excluding hydrogens is 214 g/mol. The highest BCUT2D eigenvalue weighted by atomic mass is 16.1. The van der Waals surface area contributed by atoms with Gasteiger partial charge in [0.15, 0.2) is 0 Å². The van der Waals surface area contributed by atoms with Crippen molar-refractivity contribution < 1.29 is 4.79 Å². The summed E-state index contributed by atoms with van der Waals surface area (Å²) in [5.41, 5.74) is 5.83. The lowest BCUT2D eigenvalue weighted by Gasteiger charge is -2.14. The molecule has 3 N–H and O–H groups in total. The van der Waals surface area contributed by atoms with Crippen molar-refractivity contribution in [1.82, 2.24) is 10.2 Å². The minimum Gasteiger partial charge on any atom is -0.353 e. The Bertz CT molecular complexity index is 269. The lowest BCUT2D eigenvalue weighted by Crippen LogP contribution is -2.34. The second kappa shape index (κ2) is 5.83. The second-order valence-electron chi connectivity index (χ2n) is 5.79. The minimum atomic E-state index is 0.221. The molecule has 0 aromatic carbocycles. The van der Waals surface area contributed by atoms with E-state index in [1.54, 1.807) is 0 Å². The molecule has 0 aromatic rings. The zero-order chi connectivity index (χ0) is 12.3. The normalized spacial score (nSPS) is 34.1. The van der Waals surface area contributed by atoms with Gasteiger partial charge in [-0.1, -0.05) is 0 Å². The fraction of sp³-hybridized carbons (Fsp3) is 0.923. The number of hydrogen-bond acceptors (Lipinski definition) is 3. The van der Waals surface area contributed by atoms with Crippen LogP contribution in [-0.2, 0) is 4.79 Å². The lowest BCUT2D eigenvalue weighted by molar-refractivity contribution is -0.122. The van der Waals surface area contributed by atoms with E-state index in [-0.39, 0.29) is 5.91 Å².